The van der Waals surface area contributed by atoms with Crippen LogP contribution in [0.2, 0.25) is 0 Å². The van der Waals surface area contributed by atoms with Crippen molar-refractivity contribution in [1.29, 1.82) is 0 Å². The van der Waals surface area contributed by atoms with Crippen LogP contribution in [0.15, 0.2) is 46.3 Å². The summed E-state index contributed by atoms with van der Waals surface area (Å²) >= 11 is 0. The molecule has 1 unspecified atom stereocenters. The minimum absolute atomic E-state index is 0.565. The van der Waals surface area contributed by atoms with Crippen molar-refractivity contribution in [3.8, 4) is 0 Å². The van der Waals surface area contributed by atoms with Crippen molar-refractivity contribution in [2.75, 3.05) is 6.61 Å². The Hall–Kier alpha value is -2.20. The summed E-state index contributed by atoms with van der Waals surface area (Å²) in [6, 6.07) is 1.08. The van der Waals surface area contributed by atoms with Crippen LogP contribution in [0.4, 0.5) is 0 Å². The summed E-state index contributed by atoms with van der Waals surface area (Å²) in [4.78, 5) is 25.2. The third kappa shape index (κ3) is 2.43. The summed E-state index contributed by atoms with van der Waals surface area (Å²) in [5, 5.41) is 30.8. The van der Waals surface area contributed by atoms with E-state index >= 15 is 0 Å². The number of aliphatic hydroxyl groups excluding tert-OH is 2. The monoisotopic (exact) mass is 324 g/mol. The van der Waals surface area contributed by atoms with E-state index in [1.807, 2.05) is 4.98 Å². The predicted molar refractivity (Wildman–Crippen MR) is 76.4 cm³/mol. The molecule has 1 aromatic heterocycles. The zero-order valence-corrected chi connectivity index (χ0v) is 11.9. The smallest absolute Gasteiger partial charge is 0.330 e. The Morgan fingerprint density at radius 2 is 2.13 bits per heavy atom. The van der Waals surface area contributed by atoms with Crippen LogP contribution < -0.4 is 11.2 Å². The maximum Gasteiger partial charge on any atom is 0.330 e. The summed E-state index contributed by atoms with van der Waals surface area (Å²) in [5.74, 6) is 0. The maximum absolute atomic E-state index is 12.0. The molecule has 0 radical (unpaired) electrons. The molecule has 2 aliphatic rings. The van der Waals surface area contributed by atoms with Crippen molar-refractivity contribution in [3.05, 3.63) is 57.6 Å². The molecule has 0 aromatic carbocycles. The zero-order valence-electron chi connectivity index (χ0n) is 11.9. The van der Waals surface area contributed by atoms with E-state index < -0.39 is 48.0 Å². The first-order valence-electron chi connectivity index (χ1n) is 6.95. The summed E-state index contributed by atoms with van der Waals surface area (Å²) in [5.41, 5.74) is -3.47. The Morgan fingerprint density at radius 3 is 2.74 bits per heavy atom. The molecule has 1 fully saturated rings. The van der Waals surface area contributed by atoms with Crippen molar-refractivity contribution in [1.82, 2.24) is 9.55 Å². The Kier molecular flexibility index (Phi) is 3.94. The Labute approximate surface area is 129 Å². The second kappa shape index (κ2) is 5.78. The molecule has 4 N–H and O–H groups in total. The molecule has 23 heavy (non-hydrogen) atoms. The van der Waals surface area contributed by atoms with Gasteiger partial charge >= 0.3 is 5.69 Å². The van der Waals surface area contributed by atoms with Crippen molar-refractivity contribution >= 4 is 0 Å². The molecular weight excluding hydrogens is 308 g/mol. The minimum Gasteiger partial charge on any atom is -0.491 e. The van der Waals surface area contributed by atoms with Crippen LogP contribution in [0.5, 0.6) is 0 Å². The van der Waals surface area contributed by atoms with Gasteiger partial charge in [-0.05, 0) is 12.2 Å². The molecule has 0 spiro atoms. The number of rotatable bonds is 3. The van der Waals surface area contributed by atoms with Crippen molar-refractivity contribution in [2.24, 2.45) is 0 Å². The third-order valence-electron chi connectivity index (χ3n) is 3.97. The molecule has 1 saturated heterocycles. The molecular formula is C14H16N2O7. The molecule has 0 amide bonds. The molecule has 124 valence electrons. The number of H-pyrrole nitrogens is 1. The van der Waals surface area contributed by atoms with Gasteiger partial charge in [0.1, 0.15) is 12.2 Å². The molecule has 0 aliphatic carbocycles. The standard InChI is InChI=1S/C14H16N2O7/c17-7-8-11(19)14(21,9-3-1-2-6-22-9)12(23-8)16-5-4-10(18)15-13(16)20/h1-6,8-9,11-12,17,19,21H,7H2,(H,15,18,20)/t8-,9?,11-,12-,14-/m1/s1. The number of nitrogens with one attached hydrogen (secondary N) is 1. The highest BCUT2D eigenvalue weighted by molar-refractivity contribution is 5.18. The fraction of sp³-hybridized carbons (Fsp3) is 0.429. The Bertz CT molecular complexity index is 752. The van der Waals surface area contributed by atoms with Crippen molar-refractivity contribution < 1.29 is 24.8 Å². The van der Waals surface area contributed by atoms with Gasteiger partial charge in [-0.2, -0.15) is 0 Å². The summed E-state index contributed by atoms with van der Waals surface area (Å²) in [7, 11) is 0. The van der Waals surface area contributed by atoms with Gasteiger partial charge in [0.25, 0.3) is 5.56 Å². The lowest BCUT2D eigenvalue weighted by Gasteiger charge is -2.37. The average molecular weight is 324 g/mol. The number of nitrogens with zero attached hydrogens (tertiary/aromatic N) is 1. The molecule has 3 rings (SSSR count). The summed E-state index contributed by atoms with van der Waals surface area (Å²) in [6.07, 6.45) is 2.16. The van der Waals surface area contributed by atoms with Crippen molar-refractivity contribution in [2.45, 2.75) is 30.1 Å². The second-order valence-electron chi connectivity index (χ2n) is 5.33. The number of hydrogen-bond acceptors (Lipinski definition) is 7. The number of ether oxygens (including phenoxy) is 2. The fourth-order valence-corrected chi connectivity index (χ4v) is 2.79. The molecule has 5 atom stereocenters. The number of aliphatic hydroxyl groups is 3. The normalized spacial score (nSPS) is 36.1. The lowest BCUT2D eigenvalue weighted by molar-refractivity contribution is -0.160. The molecule has 3 heterocycles. The predicted octanol–water partition coefficient (Wildman–Crippen LogP) is -2.01. The second-order valence-corrected chi connectivity index (χ2v) is 5.33. The third-order valence-corrected chi connectivity index (χ3v) is 3.97. The van der Waals surface area contributed by atoms with E-state index in [4.69, 9.17) is 9.47 Å². The van der Waals surface area contributed by atoms with E-state index in [1.54, 1.807) is 12.2 Å². The van der Waals surface area contributed by atoms with Gasteiger partial charge in [0, 0.05) is 12.3 Å². The lowest BCUT2D eigenvalue weighted by Crippen LogP contribution is -2.57. The van der Waals surface area contributed by atoms with Gasteiger partial charge in [-0.1, -0.05) is 6.08 Å². The van der Waals surface area contributed by atoms with Gasteiger partial charge in [0.2, 0.25) is 0 Å². The number of hydrogen-bond donors (Lipinski definition) is 4. The first-order valence-corrected chi connectivity index (χ1v) is 6.95. The molecule has 1 aromatic rings. The maximum atomic E-state index is 12.0. The highest BCUT2D eigenvalue weighted by Gasteiger charge is 2.61. The highest BCUT2D eigenvalue weighted by atomic mass is 16.6. The highest BCUT2D eigenvalue weighted by Crippen LogP contribution is 2.42. The van der Waals surface area contributed by atoms with Crippen LogP contribution >= 0.6 is 0 Å². The molecule has 2 aliphatic heterocycles. The number of aromatic nitrogens is 2. The van der Waals surface area contributed by atoms with Gasteiger partial charge in [0.15, 0.2) is 17.9 Å². The van der Waals surface area contributed by atoms with Gasteiger partial charge in [-0.25, -0.2) is 4.79 Å². The van der Waals surface area contributed by atoms with Crippen molar-refractivity contribution in [3.63, 3.8) is 0 Å². The summed E-state index contributed by atoms with van der Waals surface area (Å²) in [6.45, 7) is -0.565. The van der Waals surface area contributed by atoms with Gasteiger partial charge < -0.3 is 24.8 Å². The number of aromatic amines is 1. The lowest BCUT2D eigenvalue weighted by atomic mass is 9.87. The average Bonchev–Trinajstić information content (AvgIpc) is 2.81. The van der Waals surface area contributed by atoms with E-state index in [9.17, 15) is 24.9 Å². The van der Waals surface area contributed by atoms with E-state index in [2.05, 4.69) is 0 Å². The van der Waals surface area contributed by atoms with Crippen LogP contribution in [-0.4, -0.2) is 55.4 Å². The Morgan fingerprint density at radius 1 is 1.35 bits per heavy atom. The van der Waals surface area contributed by atoms with Gasteiger partial charge in [-0.15, -0.1) is 0 Å². The van der Waals surface area contributed by atoms with Gasteiger partial charge in [-0.3, -0.25) is 14.3 Å². The van der Waals surface area contributed by atoms with E-state index in [0.29, 0.717) is 0 Å². The summed E-state index contributed by atoms with van der Waals surface area (Å²) < 4.78 is 11.7. The molecule has 0 bridgehead atoms. The first kappa shape index (κ1) is 15.7. The van der Waals surface area contributed by atoms with Crippen LogP contribution in [0.3, 0.4) is 0 Å². The van der Waals surface area contributed by atoms with E-state index in [-0.39, 0.29) is 0 Å². The quantitative estimate of drug-likeness (QED) is 0.504. The fourth-order valence-electron chi connectivity index (χ4n) is 2.79. The SMILES string of the molecule is O=c1ccn([C@@H]2O[C@H](CO)[C@@H](O)[C@]2(O)C2C=CC=CO2)c(=O)[nH]1. The Balaban J connectivity index is 2.08. The minimum atomic E-state index is -2.04. The molecule has 0 saturated carbocycles. The van der Waals surface area contributed by atoms with Crippen LogP contribution in [0.1, 0.15) is 6.23 Å². The molecule has 9 heteroatoms. The largest absolute Gasteiger partial charge is 0.491 e. The first-order chi connectivity index (χ1) is 11.0. The van der Waals surface area contributed by atoms with E-state index in [0.717, 1.165) is 16.8 Å². The zero-order chi connectivity index (χ0) is 16.6. The van der Waals surface area contributed by atoms with Gasteiger partial charge in [0.05, 0.1) is 12.9 Å². The van der Waals surface area contributed by atoms with Crippen LogP contribution in [-0.2, 0) is 9.47 Å². The molecule has 9 nitrogen and oxygen atoms in total. The topological polar surface area (TPSA) is 134 Å². The number of allylic oxidation sites excluding steroid dienone is 2. The van der Waals surface area contributed by atoms with E-state index in [1.165, 1.54) is 12.3 Å². The van der Waals surface area contributed by atoms with Crippen LogP contribution in [0, 0.1) is 0 Å². The van der Waals surface area contributed by atoms with Crippen LogP contribution in [0.25, 0.3) is 0 Å².